The number of hydrogen-bond acceptors (Lipinski definition) is 7. The van der Waals surface area contributed by atoms with Gasteiger partial charge in [0.05, 0.1) is 7.11 Å². The number of nitrogens with zero attached hydrogens (tertiary/aromatic N) is 2. The fourth-order valence-corrected chi connectivity index (χ4v) is 4.47. The van der Waals surface area contributed by atoms with Crippen molar-refractivity contribution in [1.82, 2.24) is 10.2 Å². The smallest absolute Gasteiger partial charge is 0.272 e. The van der Waals surface area contributed by atoms with E-state index in [-0.39, 0.29) is 10.0 Å². The molecule has 3 aromatic rings. The minimum atomic E-state index is -3.65. The van der Waals surface area contributed by atoms with Gasteiger partial charge in [0.15, 0.2) is 11.6 Å². The lowest BCUT2D eigenvalue weighted by Crippen LogP contribution is -2.13. The summed E-state index contributed by atoms with van der Waals surface area (Å²) in [6, 6.07) is 14.0. The zero-order valence-corrected chi connectivity index (χ0v) is 15.9. The number of aromatic nitrogens is 2. The number of benzene rings is 1. The topological polar surface area (TPSA) is 93.2 Å². The Balaban J connectivity index is 1.71. The third kappa shape index (κ3) is 4.30. The van der Waals surface area contributed by atoms with Crippen LogP contribution in [0.5, 0.6) is 5.75 Å². The minimum Gasteiger partial charge on any atom is -0.497 e. The van der Waals surface area contributed by atoms with Crippen LogP contribution in [0.25, 0.3) is 0 Å². The lowest BCUT2D eigenvalue weighted by atomic mass is 10.3. The summed E-state index contributed by atoms with van der Waals surface area (Å²) in [5.41, 5.74) is 0.790. The maximum Gasteiger partial charge on any atom is 0.272 e. The highest BCUT2D eigenvalue weighted by atomic mass is 32.2. The van der Waals surface area contributed by atoms with Crippen molar-refractivity contribution in [2.75, 3.05) is 17.1 Å². The van der Waals surface area contributed by atoms with Gasteiger partial charge in [0, 0.05) is 16.6 Å². The molecule has 0 saturated heterocycles. The van der Waals surface area contributed by atoms with E-state index in [9.17, 15) is 8.42 Å². The van der Waals surface area contributed by atoms with Gasteiger partial charge < -0.3 is 10.1 Å². The van der Waals surface area contributed by atoms with Gasteiger partial charge in [-0.25, -0.2) is 8.42 Å². The molecule has 0 amide bonds. The fourth-order valence-electron chi connectivity index (χ4n) is 2.18. The number of nitrogens with one attached hydrogen (secondary N) is 2. The van der Waals surface area contributed by atoms with Crippen molar-refractivity contribution in [3.63, 3.8) is 0 Å². The summed E-state index contributed by atoms with van der Waals surface area (Å²) in [5.74, 6) is 1.37. The highest BCUT2D eigenvalue weighted by Gasteiger charge is 2.17. The first-order chi connectivity index (χ1) is 12.5. The van der Waals surface area contributed by atoms with Crippen LogP contribution in [0.4, 0.5) is 17.3 Å². The van der Waals surface area contributed by atoms with Crippen LogP contribution < -0.4 is 14.8 Å². The Labute approximate surface area is 156 Å². The Morgan fingerprint density at radius 1 is 1.08 bits per heavy atom. The molecule has 2 heterocycles. The van der Waals surface area contributed by atoms with Gasteiger partial charge in [-0.05, 0) is 42.8 Å². The van der Waals surface area contributed by atoms with Crippen LogP contribution in [0.3, 0.4) is 0 Å². The molecule has 9 heteroatoms. The Kier molecular flexibility index (Phi) is 5.38. The average Bonchev–Trinajstić information content (AvgIpc) is 3.14. The maximum atomic E-state index is 12.4. The molecular weight excluding hydrogens is 372 g/mol. The second kappa shape index (κ2) is 7.71. The summed E-state index contributed by atoms with van der Waals surface area (Å²) in [4.78, 5) is 1.01. The summed E-state index contributed by atoms with van der Waals surface area (Å²) < 4.78 is 32.6. The molecule has 0 fully saturated rings. The van der Waals surface area contributed by atoms with Gasteiger partial charge in [-0.1, -0.05) is 13.0 Å². The van der Waals surface area contributed by atoms with Gasteiger partial charge in [-0.15, -0.1) is 21.5 Å². The van der Waals surface area contributed by atoms with E-state index in [0.717, 1.165) is 22.7 Å². The van der Waals surface area contributed by atoms with E-state index in [1.54, 1.807) is 25.3 Å². The number of methoxy groups -OCH3 is 1. The molecule has 7 nitrogen and oxygen atoms in total. The van der Waals surface area contributed by atoms with E-state index < -0.39 is 10.0 Å². The molecular formula is C17H18N4O3S2. The lowest BCUT2D eigenvalue weighted by molar-refractivity contribution is 0.415. The Morgan fingerprint density at radius 3 is 2.50 bits per heavy atom. The van der Waals surface area contributed by atoms with E-state index in [4.69, 9.17) is 4.74 Å². The quantitative estimate of drug-likeness (QED) is 0.640. The van der Waals surface area contributed by atoms with Crippen molar-refractivity contribution in [1.29, 1.82) is 0 Å². The SMILES string of the molecule is CCc1ccc(S(=O)(=O)Nc2ccc(Nc3cccc(OC)c3)nn2)s1. The van der Waals surface area contributed by atoms with Crippen molar-refractivity contribution in [3.05, 3.63) is 53.4 Å². The van der Waals surface area contributed by atoms with E-state index in [1.165, 1.54) is 11.3 Å². The van der Waals surface area contributed by atoms with Gasteiger partial charge in [-0.3, -0.25) is 4.72 Å². The van der Waals surface area contributed by atoms with Gasteiger partial charge in [-0.2, -0.15) is 0 Å². The van der Waals surface area contributed by atoms with Crippen LogP contribution in [0.15, 0.2) is 52.7 Å². The second-order valence-corrected chi connectivity index (χ2v) is 8.42. The van der Waals surface area contributed by atoms with Gasteiger partial charge in [0.25, 0.3) is 10.0 Å². The van der Waals surface area contributed by atoms with E-state index >= 15 is 0 Å². The standard InChI is InChI=1S/C17H18N4O3S2/c1-3-14-7-10-17(25-14)26(22,23)21-16-9-8-15(19-20-16)18-12-5-4-6-13(11-12)24-2/h4-11H,3H2,1-2H3,(H,18,19)(H,20,21). The molecule has 2 aromatic heterocycles. The predicted molar refractivity (Wildman–Crippen MR) is 103 cm³/mol. The Hall–Kier alpha value is -2.65. The third-order valence-electron chi connectivity index (χ3n) is 3.50. The predicted octanol–water partition coefficient (Wildman–Crippen LogP) is 3.65. The zero-order chi connectivity index (χ0) is 18.6. The minimum absolute atomic E-state index is 0.160. The number of thiophene rings is 1. The highest BCUT2D eigenvalue weighted by Crippen LogP contribution is 2.24. The molecule has 0 spiro atoms. The van der Waals surface area contributed by atoms with E-state index in [1.807, 2.05) is 37.3 Å². The highest BCUT2D eigenvalue weighted by molar-refractivity contribution is 7.94. The number of anilines is 3. The first kappa shape index (κ1) is 18.2. The second-order valence-electron chi connectivity index (χ2n) is 5.34. The number of ether oxygens (including phenoxy) is 1. The first-order valence-electron chi connectivity index (χ1n) is 7.86. The van der Waals surface area contributed by atoms with Gasteiger partial charge in [0.1, 0.15) is 9.96 Å². The third-order valence-corrected chi connectivity index (χ3v) is 6.57. The Morgan fingerprint density at radius 2 is 1.85 bits per heavy atom. The van der Waals surface area contributed by atoms with Crippen LogP contribution in [-0.4, -0.2) is 25.7 Å². The summed E-state index contributed by atoms with van der Waals surface area (Å²) in [6.07, 6.45) is 0.796. The maximum absolute atomic E-state index is 12.4. The zero-order valence-electron chi connectivity index (χ0n) is 14.3. The lowest BCUT2D eigenvalue weighted by Gasteiger charge is -2.08. The van der Waals surface area contributed by atoms with Crippen LogP contribution in [-0.2, 0) is 16.4 Å². The van der Waals surface area contributed by atoms with Crippen LogP contribution in [0.1, 0.15) is 11.8 Å². The summed E-state index contributed by atoms with van der Waals surface area (Å²) in [5, 5.41) is 11.0. The van der Waals surface area contributed by atoms with Gasteiger partial charge >= 0.3 is 0 Å². The molecule has 3 rings (SSSR count). The van der Waals surface area contributed by atoms with Crippen molar-refractivity contribution in [2.45, 2.75) is 17.6 Å². The molecule has 0 atom stereocenters. The molecule has 1 aromatic carbocycles. The van der Waals surface area contributed by atoms with Crippen LogP contribution in [0, 0.1) is 0 Å². The van der Waals surface area contributed by atoms with Crippen molar-refractivity contribution < 1.29 is 13.2 Å². The van der Waals surface area contributed by atoms with Crippen molar-refractivity contribution in [2.24, 2.45) is 0 Å². The Bertz CT molecular complexity index is 985. The number of aryl methyl sites for hydroxylation is 1. The molecule has 26 heavy (non-hydrogen) atoms. The normalized spacial score (nSPS) is 11.2. The van der Waals surface area contributed by atoms with Gasteiger partial charge in [0.2, 0.25) is 0 Å². The van der Waals surface area contributed by atoms with E-state index in [0.29, 0.717) is 5.82 Å². The molecule has 0 saturated carbocycles. The fraction of sp³-hybridized carbons (Fsp3) is 0.176. The molecule has 0 radical (unpaired) electrons. The van der Waals surface area contributed by atoms with Crippen molar-refractivity contribution in [3.8, 4) is 5.75 Å². The average molecular weight is 390 g/mol. The molecule has 0 aliphatic heterocycles. The van der Waals surface area contributed by atoms with Crippen LogP contribution in [0.2, 0.25) is 0 Å². The van der Waals surface area contributed by atoms with Crippen molar-refractivity contribution >= 4 is 38.7 Å². The number of rotatable bonds is 7. The molecule has 136 valence electrons. The first-order valence-corrected chi connectivity index (χ1v) is 10.2. The van der Waals surface area contributed by atoms with E-state index in [2.05, 4.69) is 20.2 Å². The molecule has 0 unspecified atom stereocenters. The molecule has 2 N–H and O–H groups in total. The summed E-state index contributed by atoms with van der Waals surface area (Å²) >= 11 is 1.24. The summed E-state index contributed by atoms with van der Waals surface area (Å²) in [7, 11) is -2.06. The summed E-state index contributed by atoms with van der Waals surface area (Å²) in [6.45, 7) is 1.98. The number of hydrogen-bond donors (Lipinski definition) is 2. The monoisotopic (exact) mass is 390 g/mol. The largest absolute Gasteiger partial charge is 0.497 e. The number of sulfonamides is 1. The molecule has 0 aliphatic carbocycles. The van der Waals surface area contributed by atoms with Crippen LogP contribution >= 0.6 is 11.3 Å². The molecule has 0 bridgehead atoms. The molecule has 0 aliphatic rings.